The third-order valence-corrected chi connectivity index (χ3v) is 2.75. The number of hydrogen-bond donors (Lipinski definition) is 2. The van der Waals surface area contributed by atoms with Crippen molar-refractivity contribution in [2.24, 2.45) is 0 Å². The van der Waals surface area contributed by atoms with E-state index in [0.717, 1.165) is 0 Å². The molecule has 0 saturated heterocycles. The normalized spacial score (nSPS) is 11.7. The molecule has 6 heteroatoms. The molecule has 1 aromatic rings. The molecule has 102 valence electrons. The lowest BCUT2D eigenvalue weighted by molar-refractivity contribution is -0.141. The average molecular weight is 284 g/mol. The summed E-state index contributed by atoms with van der Waals surface area (Å²) in [7, 11) is 0. The number of ketones is 1. The van der Waals surface area contributed by atoms with Crippen molar-refractivity contribution in [2.45, 2.75) is 25.8 Å². The Balaban J connectivity index is 2.44. The van der Waals surface area contributed by atoms with Crippen LogP contribution in [-0.2, 0) is 9.59 Å². The van der Waals surface area contributed by atoms with Crippen molar-refractivity contribution in [3.63, 3.8) is 0 Å². The van der Waals surface area contributed by atoms with E-state index in [1.807, 2.05) is 0 Å². The molecule has 1 amide bonds. The van der Waals surface area contributed by atoms with Gasteiger partial charge in [-0.1, -0.05) is 11.6 Å². The smallest absolute Gasteiger partial charge is 0.325 e. The fraction of sp³-hybridized carbons (Fsp3) is 0.308. The van der Waals surface area contributed by atoms with Gasteiger partial charge in [-0.15, -0.1) is 0 Å². The van der Waals surface area contributed by atoms with E-state index in [0.29, 0.717) is 10.6 Å². The maximum atomic E-state index is 11.7. The maximum absolute atomic E-state index is 11.7. The summed E-state index contributed by atoms with van der Waals surface area (Å²) in [6.07, 6.45) is -0.0150. The van der Waals surface area contributed by atoms with Crippen molar-refractivity contribution in [1.29, 1.82) is 0 Å². The number of carboxylic acid groups (broad SMARTS) is 1. The van der Waals surface area contributed by atoms with Crippen molar-refractivity contribution in [3.05, 3.63) is 34.9 Å². The molecule has 0 unspecified atom stereocenters. The number of aliphatic carboxylic acids is 1. The third kappa shape index (κ3) is 5.09. The van der Waals surface area contributed by atoms with Crippen LogP contribution >= 0.6 is 11.6 Å². The fourth-order valence-corrected chi connectivity index (χ4v) is 1.51. The van der Waals surface area contributed by atoms with E-state index >= 15 is 0 Å². The second-order valence-corrected chi connectivity index (χ2v) is 4.49. The van der Waals surface area contributed by atoms with Gasteiger partial charge in [0.25, 0.3) is 0 Å². The molecule has 5 nitrogen and oxygen atoms in total. The molecule has 0 saturated carbocycles. The molecule has 0 radical (unpaired) electrons. The van der Waals surface area contributed by atoms with Crippen LogP contribution in [0.1, 0.15) is 30.1 Å². The minimum atomic E-state index is -1.11. The molecule has 0 aliphatic carbocycles. The summed E-state index contributed by atoms with van der Waals surface area (Å²) in [5, 5.41) is 11.4. The minimum Gasteiger partial charge on any atom is -0.480 e. The number of nitrogens with one attached hydrogen (secondary N) is 1. The first-order chi connectivity index (χ1) is 8.90. The first-order valence-corrected chi connectivity index (χ1v) is 6.09. The van der Waals surface area contributed by atoms with Gasteiger partial charge in [0.1, 0.15) is 6.04 Å². The van der Waals surface area contributed by atoms with Crippen LogP contribution in [0.5, 0.6) is 0 Å². The highest BCUT2D eigenvalue weighted by atomic mass is 35.5. The Labute approximate surface area is 115 Å². The van der Waals surface area contributed by atoms with E-state index in [1.54, 1.807) is 24.3 Å². The number of amides is 1. The number of benzene rings is 1. The molecular formula is C13H14ClNO4. The lowest BCUT2D eigenvalue weighted by Crippen LogP contribution is -2.38. The Morgan fingerprint density at radius 1 is 1.21 bits per heavy atom. The van der Waals surface area contributed by atoms with Crippen LogP contribution in [0.15, 0.2) is 24.3 Å². The topological polar surface area (TPSA) is 83.5 Å². The zero-order valence-electron chi connectivity index (χ0n) is 10.4. The number of carbonyl (C=O) groups is 3. The number of hydrogen-bond acceptors (Lipinski definition) is 3. The molecule has 0 aliphatic rings. The maximum Gasteiger partial charge on any atom is 0.325 e. The molecule has 2 N–H and O–H groups in total. The highest BCUT2D eigenvalue weighted by molar-refractivity contribution is 6.30. The summed E-state index contributed by atoms with van der Waals surface area (Å²) in [4.78, 5) is 33.7. The molecule has 0 bridgehead atoms. The molecule has 0 aromatic heterocycles. The van der Waals surface area contributed by atoms with Crippen molar-refractivity contribution in [3.8, 4) is 0 Å². The first kappa shape index (κ1) is 15.2. The highest BCUT2D eigenvalue weighted by Crippen LogP contribution is 2.11. The Bertz CT molecular complexity index is 484. The van der Waals surface area contributed by atoms with Crippen LogP contribution in [0, 0.1) is 0 Å². The van der Waals surface area contributed by atoms with Gasteiger partial charge in [-0.25, -0.2) is 0 Å². The van der Waals surface area contributed by atoms with Crippen molar-refractivity contribution < 1.29 is 19.5 Å². The van der Waals surface area contributed by atoms with Gasteiger partial charge in [0.05, 0.1) is 0 Å². The van der Waals surface area contributed by atoms with Gasteiger partial charge in [0, 0.05) is 23.4 Å². The Morgan fingerprint density at radius 3 is 2.32 bits per heavy atom. The average Bonchev–Trinajstić information content (AvgIpc) is 2.36. The van der Waals surface area contributed by atoms with Crippen molar-refractivity contribution in [1.82, 2.24) is 5.32 Å². The van der Waals surface area contributed by atoms with Crippen LogP contribution in [0.2, 0.25) is 5.02 Å². The first-order valence-electron chi connectivity index (χ1n) is 5.71. The lowest BCUT2D eigenvalue weighted by Gasteiger charge is -2.08. The predicted molar refractivity (Wildman–Crippen MR) is 70.3 cm³/mol. The van der Waals surface area contributed by atoms with Gasteiger partial charge in [-0.2, -0.15) is 0 Å². The summed E-state index contributed by atoms with van der Waals surface area (Å²) < 4.78 is 0. The molecular weight excluding hydrogens is 270 g/mol. The van der Waals surface area contributed by atoms with E-state index in [-0.39, 0.29) is 18.6 Å². The Hall–Kier alpha value is -1.88. The molecule has 1 atom stereocenters. The molecule has 1 aromatic carbocycles. The molecule has 1 rings (SSSR count). The van der Waals surface area contributed by atoms with Gasteiger partial charge in [-0.05, 0) is 31.2 Å². The SMILES string of the molecule is C[C@H](NC(=O)CCC(=O)c1ccc(Cl)cc1)C(=O)O. The van der Waals surface area contributed by atoms with Crippen LogP contribution in [0.25, 0.3) is 0 Å². The van der Waals surface area contributed by atoms with Crippen LogP contribution in [-0.4, -0.2) is 28.8 Å². The Kier molecular flexibility index (Phi) is 5.51. The van der Waals surface area contributed by atoms with E-state index in [9.17, 15) is 14.4 Å². The third-order valence-electron chi connectivity index (χ3n) is 2.49. The number of carbonyl (C=O) groups excluding carboxylic acids is 2. The molecule has 0 heterocycles. The number of rotatable bonds is 6. The second kappa shape index (κ2) is 6.89. The van der Waals surface area contributed by atoms with Gasteiger partial charge >= 0.3 is 5.97 Å². The van der Waals surface area contributed by atoms with Crippen LogP contribution in [0.4, 0.5) is 0 Å². The summed E-state index contributed by atoms with van der Waals surface area (Å²) in [6.45, 7) is 1.36. The summed E-state index contributed by atoms with van der Waals surface area (Å²) >= 11 is 5.70. The number of carboxylic acids is 1. The van der Waals surface area contributed by atoms with Gasteiger partial charge in [0.15, 0.2) is 5.78 Å². The molecule has 0 spiro atoms. The van der Waals surface area contributed by atoms with Gasteiger partial charge in [-0.3, -0.25) is 14.4 Å². The van der Waals surface area contributed by atoms with E-state index in [2.05, 4.69) is 5.32 Å². The number of Topliss-reactive ketones (excluding diaryl/α,β-unsaturated/α-hetero) is 1. The highest BCUT2D eigenvalue weighted by Gasteiger charge is 2.15. The van der Waals surface area contributed by atoms with Gasteiger partial charge in [0.2, 0.25) is 5.91 Å². The quantitative estimate of drug-likeness (QED) is 0.781. The lowest BCUT2D eigenvalue weighted by atomic mass is 10.1. The van der Waals surface area contributed by atoms with Crippen molar-refractivity contribution in [2.75, 3.05) is 0 Å². The standard InChI is InChI=1S/C13H14ClNO4/c1-8(13(18)19)15-12(17)7-6-11(16)9-2-4-10(14)5-3-9/h2-5,8H,6-7H2,1H3,(H,15,17)(H,18,19)/t8-/m0/s1. The van der Waals surface area contributed by atoms with Gasteiger partial charge < -0.3 is 10.4 Å². The predicted octanol–water partition coefficient (Wildman–Crippen LogP) is 1.89. The van der Waals surface area contributed by atoms with E-state index < -0.39 is 17.9 Å². The largest absolute Gasteiger partial charge is 0.480 e. The van der Waals surface area contributed by atoms with Crippen molar-refractivity contribution >= 4 is 29.3 Å². The van der Waals surface area contributed by atoms with Crippen LogP contribution in [0.3, 0.4) is 0 Å². The zero-order chi connectivity index (χ0) is 14.4. The Morgan fingerprint density at radius 2 is 1.79 bits per heavy atom. The zero-order valence-corrected chi connectivity index (χ0v) is 11.1. The molecule has 0 fully saturated rings. The molecule has 19 heavy (non-hydrogen) atoms. The monoisotopic (exact) mass is 283 g/mol. The molecule has 0 aliphatic heterocycles. The van der Waals surface area contributed by atoms with E-state index in [1.165, 1.54) is 6.92 Å². The summed E-state index contributed by atoms with van der Waals surface area (Å²) in [5.41, 5.74) is 0.475. The minimum absolute atomic E-state index is 0.0276. The summed E-state index contributed by atoms with van der Waals surface area (Å²) in [6, 6.07) is 5.41. The second-order valence-electron chi connectivity index (χ2n) is 4.06. The summed E-state index contributed by atoms with van der Waals surface area (Å²) in [5.74, 6) is -1.76. The van der Waals surface area contributed by atoms with Crippen LogP contribution < -0.4 is 5.32 Å². The van der Waals surface area contributed by atoms with E-state index in [4.69, 9.17) is 16.7 Å². The fourth-order valence-electron chi connectivity index (χ4n) is 1.38. The number of halogens is 1.